The number of hydrogen-bond acceptors (Lipinski definition) is 5. The number of rotatable bonds is 6. The van der Waals surface area contributed by atoms with Gasteiger partial charge in [0.1, 0.15) is 17.0 Å². The Morgan fingerprint density at radius 1 is 1.11 bits per heavy atom. The van der Waals surface area contributed by atoms with E-state index in [9.17, 15) is 9.90 Å². The summed E-state index contributed by atoms with van der Waals surface area (Å²) in [7, 11) is 0. The van der Waals surface area contributed by atoms with Crippen LogP contribution in [0.1, 0.15) is 30.9 Å². The molecule has 0 saturated carbocycles. The van der Waals surface area contributed by atoms with Gasteiger partial charge in [0, 0.05) is 23.1 Å². The fourth-order valence-corrected chi connectivity index (χ4v) is 3.25. The van der Waals surface area contributed by atoms with Gasteiger partial charge >= 0.3 is 5.63 Å². The molecule has 0 amide bonds. The topological polar surface area (TPSA) is 81.2 Å². The second-order valence-electron chi connectivity index (χ2n) is 6.87. The highest BCUT2D eigenvalue weighted by molar-refractivity contribution is 5.81. The summed E-state index contributed by atoms with van der Waals surface area (Å²) in [4.78, 5) is 11.8. The third-order valence-electron chi connectivity index (χ3n) is 4.75. The Hall–Kier alpha value is -3.41. The van der Waals surface area contributed by atoms with Crippen molar-refractivity contribution in [2.45, 2.75) is 32.7 Å². The number of phenolic OH excluding ortho intramolecular Hbond substituents is 1. The van der Waals surface area contributed by atoms with E-state index in [1.54, 1.807) is 16.8 Å². The van der Waals surface area contributed by atoms with Crippen molar-refractivity contribution >= 4 is 11.0 Å². The third-order valence-corrected chi connectivity index (χ3v) is 4.75. The number of nitrogens with zero attached hydrogens (tertiary/aromatic N) is 3. The van der Waals surface area contributed by atoms with Crippen LogP contribution in [0.3, 0.4) is 0 Å². The molecule has 28 heavy (non-hydrogen) atoms. The summed E-state index contributed by atoms with van der Waals surface area (Å²) in [6.45, 7) is 2.57. The van der Waals surface area contributed by atoms with Gasteiger partial charge in [0.15, 0.2) is 0 Å². The molecule has 0 radical (unpaired) electrons. The molecule has 0 saturated heterocycles. The van der Waals surface area contributed by atoms with E-state index >= 15 is 0 Å². The quantitative estimate of drug-likeness (QED) is 0.512. The van der Waals surface area contributed by atoms with Crippen LogP contribution in [0.25, 0.3) is 22.2 Å². The van der Waals surface area contributed by atoms with Crippen LogP contribution >= 0.6 is 0 Å². The average molecular weight is 375 g/mol. The van der Waals surface area contributed by atoms with Crippen LogP contribution in [0.4, 0.5) is 0 Å². The molecule has 2 aromatic heterocycles. The number of aryl methyl sites for hydroxylation is 1. The summed E-state index contributed by atoms with van der Waals surface area (Å²) in [5.74, 6) is 0.0539. The highest BCUT2D eigenvalue weighted by atomic mass is 16.4. The van der Waals surface area contributed by atoms with Gasteiger partial charge in [-0.15, -0.1) is 5.10 Å². The van der Waals surface area contributed by atoms with Crippen LogP contribution in [0.5, 0.6) is 5.75 Å². The molecular formula is C22H21N3O3. The molecule has 0 bridgehead atoms. The van der Waals surface area contributed by atoms with E-state index < -0.39 is 5.63 Å². The normalized spacial score (nSPS) is 11.2. The van der Waals surface area contributed by atoms with Gasteiger partial charge in [-0.2, -0.15) is 0 Å². The van der Waals surface area contributed by atoms with Gasteiger partial charge < -0.3 is 9.52 Å². The predicted molar refractivity (Wildman–Crippen MR) is 107 cm³/mol. The zero-order valence-corrected chi connectivity index (χ0v) is 15.6. The number of benzene rings is 2. The SMILES string of the molecule is CCCCc1ccc(-c2cn(Cc3cc(=O)oc4cc(O)ccc34)nn2)cc1. The lowest BCUT2D eigenvalue weighted by atomic mass is 10.1. The number of fused-ring (bicyclic) bond motifs is 1. The molecule has 0 aliphatic rings. The minimum Gasteiger partial charge on any atom is -0.508 e. The first kappa shape index (κ1) is 18.0. The Kier molecular flexibility index (Phi) is 4.93. The van der Waals surface area contributed by atoms with Crippen molar-refractivity contribution in [3.05, 3.63) is 76.3 Å². The molecule has 0 aliphatic heterocycles. The second kappa shape index (κ2) is 7.68. The maximum Gasteiger partial charge on any atom is 0.336 e. The van der Waals surface area contributed by atoms with Crippen LogP contribution in [-0.2, 0) is 13.0 Å². The van der Waals surface area contributed by atoms with Crippen molar-refractivity contribution in [1.29, 1.82) is 0 Å². The van der Waals surface area contributed by atoms with E-state index in [0.29, 0.717) is 12.1 Å². The Bertz CT molecular complexity index is 1160. The molecule has 0 unspecified atom stereocenters. The average Bonchev–Trinajstić information content (AvgIpc) is 3.14. The summed E-state index contributed by atoms with van der Waals surface area (Å²) in [5.41, 5.74) is 3.77. The predicted octanol–water partition coefficient (Wildman–Crippen LogP) is 4.15. The minimum atomic E-state index is -0.462. The van der Waals surface area contributed by atoms with E-state index in [1.165, 1.54) is 30.5 Å². The van der Waals surface area contributed by atoms with E-state index in [2.05, 4.69) is 41.5 Å². The molecule has 4 rings (SSSR count). The van der Waals surface area contributed by atoms with Crippen molar-refractivity contribution in [2.24, 2.45) is 0 Å². The number of hydrogen-bond donors (Lipinski definition) is 1. The maximum absolute atomic E-state index is 11.8. The van der Waals surface area contributed by atoms with E-state index in [1.807, 2.05) is 6.20 Å². The van der Waals surface area contributed by atoms with Gasteiger partial charge in [-0.05, 0) is 36.1 Å². The van der Waals surface area contributed by atoms with Gasteiger partial charge in [-0.3, -0.25) is 0 Å². The summed E-state index contributed by atoms with van der Waals surface area (Å²) in [6.07, 6.45) is 5.32. The molecule has 0 fully saturated rings. The molecule has 142 valence electrons. The van der Waals surface area contributed by atoms with Gasteiger partial charge in [0.2, 0.25) is 0 Å². The first-order chi connectivity index (χ1) is 13.6. The third kappa shape index (κ3) is 3.81. The molecule has 1 N–H and O–H groups in total. The van der Waals surface area contributed by atoms with Gasteiger partial charge in [-0.1, -0.05) is 42.8 Å². The lowest BCUT2D eigenvalue weighted by molar-refractivity contribution is 0.473. The molecule has 0 atom stereocenters. The lowest BCUT2D eigenvalue weighted by Crippen LogP contribution is -2.06. The van der Waals surface area contributed by atoms with Gasteiger partial charge in [0.05, 0.1) is 12.7 Å². The standard InChI is InChI=1S/C22H21N3O3/c1-2-3-4-15-5-7-16(8-6-15)20-14-25(24-23-20)13-17-11-22(27)28-21-12-18(26)9-10-19(17)21/h5-12,14,26H,2-4,13H2,1H3. The van der Waals surface area contributed by atoms with E-state index in [-0.39, 0.29) is 5.75 Å². The molecule has 4 aromatic rings. The number of aromatic nitrogens is 3. The molecular weight excluding hydrogens is 354 g/mol. The van der Waals surface area contributed by atoms with Crippen LogP contribution < -0.4 is 5.63 Å². The Balaban J connectivity index is 1.59. The van der Waals surface area contributed by atoms with Crippen molar-refractivity contribution in [3.8, 4) is 17.0 Å². The smallest absolute Gasteiger partial charge is 0.336 e. The second-order valence-corrected chi connectivity index (χ2v) is 6.87. The van der Waals surface area contributed by atoms with Crippen molar-refractivity contribution < 1.29 is 9.52 Å². The van der Waals surface area contributed by atoms with Crippen LogP contribution in [0.15, 0.2) is 63.9 Å². The fraction of sp³-hybridized carbons (Fsp3) is 0.227. The summed E-state index contributed by atoms with van der Waals surface area (Å²) < 4.78 is 6.87. The highest BCUT2D eigenvalue weighted by Crippen LogP contribution is 2.23. The zero-order valence-electron chi connectivity index (χ0n) is 15.6. The van der Waals surface area contributed by atoms with Crippen LogP contribution in [0, 0.1) is 0 Å². The minimum absolute atomic E-state index is 0.0539. The monoisotopic (exact) mass is 375 g/mol. The molecule has 0 aliphatic carbocycles. The number of unbranched alkanes of at least 4 members (excludes halogenated alkanes) is 1. The Morgan fingerprint density at radius 3 is 2.71 bits per heavy atom. The van der Waals surface area contributed by atoms with Gasteiger partial charge in [0.25, 0.3) is 0 Å². The fourth-order valence-electron chi connectivity index (χ4n) is 3.25. The van der Waals surface area contributed by atoms with Gasteiger partial charge in [-0.25, -0.2) is 9.48 Å². The van der Waals surface area contributed by atoms with E-state index in [4.69, 9.17) is 4.42 Å². The number of phenols is 1. The molecule has 0 spiro atoms. The van der Waals surface area contributed by atoms with Crippen molar-refractivity contribution in [1.82, 2.24) is 15.0 Å². The first-order valence-electron chi connectivity index (χ1n) is 9.37. The van der Waals surface area contributed by atoms with E-state index in [0.717, 1.165) is 28.6 Å². The Labute approximate surface area is 162 Å². The van der Waals surface area contributed by atoms with Crippen molar-refractivity contribution in [3.63, 3.8) is 0 Å². The zero-order chi connectivity index (χ0) is 19.5. The van der Waals surface area contributed by atoms with Crippen molar-refractivity contribution in [2.75, 3.05) is 0 Å². The first-order valence-corrected chi connectivity index (χ1v) is 9.37. The lowest BCUT2D eigenvalue weighted by Gasteiger charge is -2.05. The molecule has 6 heteroatoms. The molecule has 2 heterocycles. The highest BCUT2D eigenvalue weighted by Gasteiger charge is 2.10. The largest absolute Gasteiger partial charge is 0.508 e. The summed E-state index contributed by atoms with van der Waals surface area (Å²) in [6, 6.07) is 14.6. The maximum atomic E-state index is 11.8. The molecule has 6 nitrogen and oxygen atoms in total. The summed E-state index contributed by atoms with van der Waals surface area (Å²) >= 11 is 0. The summed E-state index contributed by atoms with van der Waals surface area (Å²) in [5, 5.41) is 18.8. The number of aromatic hydroxyl groups is 1. The van der Waals surface area contributed by atoms with Crippen LogP contribution in [0.2, 0.25) is 0 Å². The Morgan fingerprint density at radius 2 is 1.93 bits per heavy atom. The molecule has 2 aromatic carbocycles. The van der Waals surface area contributed by atoms with Crippen LogP contribution in [-0.4, -0.2) is 20.1 Å².